The van der Waals surface area contributed by atoms with Gasteiger partial charge in [0.05, 0.1) is 13.2 Å². The van der Waals surface area contributed by atoms with Gasteiger partial charge in [-0.2, -0.15) is 0 Å². The van der Waals surface area contributed by atoms with Crippen LogP contribution in [0.2, 0.25) is 0 Å². The lowest BCUT2D eigenvalue weighted by Gasteiger charge is -2.30. The van der Waals surface area contributed by atoms with E-state index >= 15 is 0 Å². The second-order valence-electron chi connectivity index (χ2n) is 7.27. The highest BCUT2D eigenvalue weighted by molar-refractivity contribution is 4.78. The largest absolute Gasteiger partial charge is 0.396 e. The van der Waals surface area contributed by atoms with Crippen LogP contribution in [0.25, 0.3) is 0 Å². The summed E-state index contributed by atoms with van der Waals surface area (Å²) < 4.78 is 0. The molecule has 1 fully saturated rings. The summed E-state index contributed by atoms with van der Waals surface area (Å²) in [6.45, 7) is 0.312. The zero-order valence-electron chi connectivity index (χ0n) is 14.1. The molecule has 1 aliphatic rings. The fraction of sp³-hybridized carbons (Fsp3) is 1.00. The molecule has 21 heavy (non-hydrogen) atoms. The Kier molecular flexibility index (Phi) is 11.3. The summed E-state index contributed by atoms with van der Waals surface area (Å²) in [5.41, 5.74) is -0.200. The molecule has 0 atom stereocenters. The second-order valence-corrected chi connectivity index (χ2v) is 7.27. The molecule has 1 saturated carbocycles. The first kappa shape index (κ1) is 19.0. The predicted octanol–water partition coefficient (Wildman–Crippen LogP) is 5.21. The zero-order valence-corrected chi connectivity index (χ0v) is 14.1. The second kappa shape index (κ2) is 12.5. The molecule has 0 aromatic heterocycles. The SMILES string of the molecule is OCC1(CO)CCCCCCCCCCCCCCCC1. The van der Waals surface area contributed by atoms with Crippen LogP contribution in [0, 0.1) is 5.41 Å². The fourth-order valence-electron chi connectivity index (χ4n) is 3.61. The molecule has 126 valence electrons. The van der Waals surface area contributed by atoms with Crippen LogP contribution in [0.3, 0.4) is 0 Å². The predicted molar refractivity (Wildman–Crippen MR) is 90.5 cm³/mol. The van der Waals surface area contributed by atoms with Crippen LogP contribution in [0.4, 0.5) is 0 Å². The highest BCUT2D eigenvalue weighted by atomic mass is 16.3. The van der Waals surface area contributed by atoms with E-state index < -0.39 is 0 Å². The van der Waals surface area contributed by atoms with Crippen molar-refractivity contribution < 1.29 is 10.2 Å². The zero-order chi connectivity index (χ0) is 15.2. The van der Waals surface area contributed by atoms with Gasteiger partial charge in [-0.05, 0) is 12.8 Å². The number of hydrogen-bond donors (Lipinski definition) is 2. The van der Waals surface area contributed by atoms with Gasteiger partial charge in [-0.1, -0.05) is 89.9 Å². The molecule has 0 radical (unpaired) electrons. The highest BCUT2D eigenvalue weighted by Crippen LogP contribution is 2.31. The van der Waals surface area contributed by atoms with E-state index in [2.05, 4.69) is 0 Å². The van der Waals surface area contributed by atoms with Crippen LogP contribution in [-0.4, -0.2) is 23.4 Å². The molecular formula is C19H38O2. The molecule has 0 saturated heterocycles. The van der Waals surface area contributed by atoms with E-state index in [1.807, 2.05) is 0 Å². The molecule has 1 rings (SSSR count). The first-order valence-electron chi connectivity index (χ1n) is 9.55. The van der Waals surface area contributed by atoms with Crippen LogP contribution in [-0.2, 0) is 0 Å². The van der Waals surface area contributed by atoms with Crippen molar-refractivity contribution in [2.75, 3.05) is 13.2 Å². The van der Waals surface area contributed by atoms with Crippen molar-refractivity contribution in [2.45, 2.75) is 103 Å². The van der Waals surface area contributed by atoms with E-state index in [1.54, 1.807) is 0 Å². The lowest BCUT2D eigenvalue weighted by atomic mass is 9.79. The maximum absolute atomic E-state index is 9.71. The Balaban J connectivity index is 2.35. The molecule has 1 aliphatic carbocycles. The van der Waals surface area contributed by atoms with E-state index in [4.69, 9.17) is 0 Å². The maximum atomic E-state index is 9.71. The van der Waals surface area contributed by atoms with Crippen molar-refractivity contribution in [1.29, 1.82) is 0 Å². The van der Waals surface area contributed by atoms with Gasteiger partial charge in [-0.3, -0.25) is 0 Å². The van der Waals surface area contributed by atoms with Crippen molar-refractivity contribution in [3.8, 4) is 0 Å². The third-order valence-corrected chi connectivity index (χ3v) is 5.34. The van der Waals surface area contributed by atoms with E-state index in [0.29, 0.717) is 0 Å². The van der Waals surface area contributed by atoms with Gasteiger partial charge in [0.15, 0.2) is 0 Å². The number of aliphatic hydroxyl groups excluding tert-OH is 2. The molecule has 0 amide bonds. The van der Waals surface area contributed by atoms with Crippen molar-refractivity contribution in [2.24, 2.45) is 5.41 Å². The van der Waals surface area contributed by atoms with Gasteiger partial charge in [0.2, 0.25) is 0 Å². The monoisotopic (exact) mass is 298 g/mol. The summed E-state index contributed by atoms with van der Waals surface area (Å²) in [4.78, 5) is 0. The van der Waals surface area contributed by atoms with Gasteiger partial charge >= 0.3 is 0 Å². The molecule has 0 heterocycles. The molecule has 2 N–H and O–H groups in total. The minimum atomic E-state index is -0.200. The molecule has 0 bridgehead atoms. The van der Waals surface area contributed by atoms with Gasteiger partial charge in [0, 0.05) is 5.41 Å². The summed E-state index contributed by atoms with van der Waals surface area (Å²) >= 11 is 0. The Labute approximate surface area is 132 Å². The van der Waals surface area contributed by atoms with Crippen LogP contribution in [0.1, 0.15) is 103 Å². The first-order chi connectivity index (χ1) is 10.3. The molecular weight excluding hydrogens is 260 g/mol. The van der Waals surface area contributed by atoms with Crippen molar-refractivity contribution in [3.63, 3.8) is 0 Å². The Hall–Kier alpha value is -0.0800. The fourth-order valence-corrected chi connectivity index (χ4v) is 3.61. The lowest BCUT2D eigenvalue weighted by molar-refractivity contribution is 0.0353. The Bertz CT molecular complexity index is 204. The number of aliphatic hydroxyl groups is 2. The van der Waals surface area contributed by atoms with Gasteiger partial charge in [-0.15, -0.1) is 0 Å². The first-order valence-corrected chi connectivity index (χ1v) is 9.55. The Morgan fingerprint density at radius 3 is 0.905 bits per heavy atom. The van der Waals surface area contributed by atoms with Crippen LogP contribution >= 0.6 is 0 Å². The lowest BCUT2D eigenvalue weighted by Crippen LogP contribution is -2.29. The van der Waals surface area contributed by atoms with E-state index in [0.717, 1.165) is 12.8 Å². The molecule has 0 aliphatic heterocycles. The quantitative estimate of drug-likeness (QED) is 0.734. The minimum absolute atomic E-state index is 0.156. The molecule has 0 aromatic rings. The summed E-state index contributed by atoms with van der Waals surface area (Å²) in [5.74, 6) is 0. The molecule has 0 spiro atoms. The smallest absolute Gasteiger partial charge is 0.0509 e. The van der Waals surface area contributed by atoms with Gasteiger partial charge in [0.1, 0.15) is 0 Å². The summed E-state index contributed by atoms with van der Waals surface area (Å²) in [6.07, 6.45) is 20.7. The maximum Gasteiger partial charge on any atom is 0.0509 e. The summed E-state index contributed by atoms with van der Waals surface area (Å²) in [7, 11) is 0. The van der Waals surface area contributed by atoms with Crippen molar-refractivity contribution >= 4 is 0 Å². The standard InChI is InChI=1S/C19H38O2/c20-17-19(18-21)15-13-11-9-7-5-3-1-2-4-6-8-10-12-14-16-19/h20-21H,1-18H2. The third-order valence-electron chi connectivity index (χ3n) is 5.34. The van der Waals surface area contributed by atoms with E-state index in [-0.39, 0.29) is 18.6 Å². The van der Waals surface area contributed by atoms with E-state index in [9.17, 15) is 10.2 Å². The summed E-state index contributed by atoms with van der Waals surface area (Å²) in [6, 6.07) is 0. The molecule has 0 unspecified atom stereocenters. The summed E-state index contributed by atoms with van der Waals surface area (Å²) in [5, 5.41) is 19.4. The van der Waals surface area contributed by atoms with Crippen LogP contribution < -0.4 is 0 Å². The van der Waals surface area contributed by atoms with Gasteiger partial charge in [0.25, 0.3) is 0 Å². The Morgan fingerprint density at radius 1 is 0.429 bits per heavy atom. The van der Waals surface area contributed by atoms with Crippen LogP contribution in [0.5, 0.6) is 0 Å². The highest BCUT2D eigenvalue weighted by Gasteiger charge is 2.27. The minimum Gasteiger partial charge on any atom is -0.396 e. The average molecular weight is 299 g/mol. The molecule has 2 nitrogen and oxygen atoms in total. The molecule has 2 heteroatoms. The number of hydrogen-bond acceptors (Lipinski definition) is 2. The third kappa shape index (κ3) is 8.83. The van der Waals surface area contributed by atoms with Crippen LogP contribution in [0.15, 0.2) is 0 Å². The van der Waals surface area contributed by atoms with Gasteiger partial charge < -0.3 is 10.2 Å². The molecule has 0 aromatic carbocycles. The van der Waals surface area contributed by atoms with Crippen molar-refractivity contribution in [1.82, 2.24) is 0 Å². The van der Waals surface area contributed by atoms with E-state index in [1.165, 1.54) is 89.9 Å². The Morgan fingerprint density at radius 2 is 0.667 bits per heavy atom. The number of rotatable bonds is 2. The van der Waals surface area contributed by atoms with Gasteiger partial charge in [-0.25, -0.2) is 0 Å². The topological polar surface area (TPSA) is 40.5 Å². The van der Waals surface area contributed by atoms with Crippen molar-refractivity contribution in [3.05, 3.63) is 0 Å². The average Bonchev–Trinajstić information content (AvgIpc) is 2.52. The normalized spacial score (nSPS) is 24.3.